The molecule has 2 heterocycles. The first-order valence-corrected chi connectivity index (χ1v) is 8.01. The monoisotopic (exact) mass is 283 g/mol. The molecule has 1 aliphatic rings. The minimum Gasteiger partial charge on any atom is -0.356 e. The van der Waals surface area contributed by atoms with Gasteiger partial charge in [-0.05, 0) is 18.9 Å². The smallest absolute Gasteiger partial charge is 0.141 e. The Morgan fingerprint density at radius 1 is 1.15 bits per heavy atom. The fourth-order valence-corrected chi connectivity index (χ4v) is 4.31. The summed E-state index contributed by atoms with van der Waals surface area (Å²) in [6, 6.07) is 9.17. The van der Waals surface area contributed by atoms with E-state index in [0.29, 0.717) is 6.04 Å². The summed E-state index contributed by atoms with van der Waals surface area (Å²) in [5, 5.41) is 2.51. The van der Waals surface area contributed by atoms with Crippen molar-refractivity contribution in [3.05, 3.63) is 30.6 Å². The van der Waals surface area contributed by atoms with E-state index in [0.717, 1.165) is 10.6 Å². The van der Waals surface area contributed by atoms with Crippen LogP contribution >= 0.6 is 11.3 Å². The molecule has 0 N–H and O–H groups in total. The summed E-state index contributed by atoms with van der Waals surface area (Å²) in [5.74, 6) is 1.10. The van der Waals surface area contributed by atoms with Crippen molar-refractivity contribution in [2.24, 2.45) is 0 Å². The molecule has 102 valence electrons. The van der Waals surface area contributed by atoms with Crippen molar-refractivity contribution >= 4 is 37.5 Å². The molecule has 20 heavy (non-hydrogen) atoms. The van der Waals surface area contributed by atoms with Crippen LogP contribution in [-0.2, 0) is 0 Å². The van der Waals surface area contributed by atoms with Crippen LogP contribution in [0.1, 0.15) is 25.7 Å². The second-order valence-electron chi connectivity index (χ2n) is 5.52. The zero-order valence-electron chi connectivity index (χ0n) is 11.5. The number of anilines is 1. The lowest BCUT2D eigenvalue weighted by Crippen LogP contribution is -2.29. The van der Waals surface area contributed by atoms with Gasteiger partial charge in [0.05, 0.1) is 5.39 Å². The Hall–Kier alpha value is -1.68. The van der Waals surface area contributed by atoms with Gasteiger partial charge < -0.3 is 4.90 Å². The largest absolute Gasteiger partial charge is 0.356 e. The molecule has 4 heteroatoms. The summed E-state index contributed by atoms with van der Waals surface area (Å²) >= 11 is 1.76. The average molecular weight is 283 g/mol. The van der Waals surface area contributed by atoms with Crippen LogP contribution in [0.4, 0.5) is 5.82 Å². The molecule has 0 unspecified atom stereocenters. The Labute approximate surface area is 122 Å². The summed E-state index contributed by atoms with van der Waals surface area (Å²) in [6.07, 6.45) is 6.95. The predicted molar refractivity (Wildman–Crippen MR) is 85.6 cm³/mol. The second kappa shape index (κ2) is 4.70. The molecule has 3 aromatic rings. The molecule has 1 fully saturated rings. The van der Waals surface area contributed by atoms with E-state index >= 15 is 0 Å². The summed E-state index contributed by atoms with van der Waals surface area (Å²) in [5.41, 5.74) is 0. The first kappa shape index (κ1) is 12.1. The van der Waals surface area contributed by atoms with Gasteiger partial charge in [-0.25, -0.2) is 9.97 Å². The number of nitrogens with zero attached hydrogens (tertiary/aromatic N) is 3. The minimum atomic E-state index is 0.631. The van der Waals surface area contributed by atoms with Gasteiger partial charge in [-0.3, -0.25) is 0 Å². The standard InChI is InChI=1S/C16H17N3S/c1-19(11-6-2-3-7-11)15-14-12-8-4-5-9-13(12)20-16(14)18-10-17-15/h4-5,8-11H,2-3,6-7H2,1H3. The van der Waals surface area contributed by atoms with Crippen molar-refractivity contribution in [1.29, 1.82) is 0 Å². The molecule has 1 saturated carbocycles. The average Bonchev–Trinajstić information content (AvgIpc) is 3.13. The highest BCUT2D eigenvalue weighted by Crippen LogP contribution is 2.38. The van der Waals surface area contributed by atoms with Gasteiger partial charge in [0.2, 0.25) is 0 Å². The number of hydrogen-bond donors (Lipinski definition) is 0. The molecular weight excluding hydrogens is 266 g/mol. The van der Waals surface area contributed by atoms with Gasteiger partial charge in [0.1, 0.15) is 17.0 Å². The highest BCUT2D eigenvalue weighted by molar-refractivity contribution is 7.25. The predicted octanol–water partition coefficient (Wildman–Crippen LogP) is 4.22. The van der Waals surface area contributed by atoms with Crippen molar-refractivity contribution in [1.82, 2.24) is 9.97 Å². The minimum absolute atomic E-state index is 0.631. The maximum Gasteiger partial charge on any atom is 0.141 e. The number of aromatic nitrogens is 2. The lowest BCUT2D eigenvalue weighted by atomic mass is 10.1. The van der Waals surface area contributed by atoms with E-state index in [-0.39, 0.29) is 0 Å². The fourth-order valence-electron chi connectivity index (χ4n) is 3.27. The maximum absolute atomic E-state index is 4.60. The van der Waals surface area contributed by atoms with Gasteiger partial charge >= 0.3 is 0 Å². The lowest BCUT2D eigenvalue weighted by Gasteiger charge is -2.25. The molecule has 0 saturated heterocycles. The first-order valence-electron chi connectivity index (χ1n) is 7.19. The summed E-state index contributed by atoms with van der Waals surface area (Å²) in [6.45, 7) is 0. The number of hydrogen-bond acceptors (Lipinski definition) is 4. The summed E-state index contributed by atoms with van der Waals surface area (Å²) in [4.78, 5) is 12.5. The Bertz CT molecular complexity index is 759. The van der Waals surface area contributed by atoms with Crippen LogP contribution in [0.15, 0.2) is 30.6 Å². The van der Waals surface area contributed by atoms with Gasteiger partial charge in [-0.1, -0.05) is 31.0 Å². The molecule has 0 amide bonds. The summed E-state index contributed by atoms with van der Waals surface area (Å²) < 4.78 is 1.30. The van der Waals surface area contributed by atoms with E-state index in [2.05, 4.69) is 46.2 Å². The molecule has 1 aromatic carbocycles. The van der Waals surface area contributed by atoms with Gasteiger partial charge in [-0.15, -0.1) is 11.3 Å². The third-order valence-corrected chi connectivity index (χ3v) is 5.44. The van der Waals surface area contributed by atoms with Gasteiger partial charge in [-0.2, -0.15) is 0 Å². The molecule has 1 aliphatic carbocycles. The van der Waals surface area contributed by atoms with Crippen LogP contribution in [0.25, 0.3) is 20.3 Å². The van der Waals surface area contributed by atoms with E-state index in [1.165, 1.54) is 41.2 Å². The van der Waals surface area contributed by atoms with Crippen LogP contribution in [0.2, 0.25) is 0 Å². The Morgan fingerprint density at radius 2 is 1.95 bits per heavy atom. The molecular formula is C16H17N3S. The van der Waals surface area contributed by atoms with Crippen LogP contribution in [0.5, 0.6) is 0 Å². The maximum atomic E-state index is 4.60. The first-order chi connectivity index (χ1) is 9.84. The Balaban J connectivity index is 1.94. The second-order valence-corrected chi connectivity index (χ2v) is 6.56. The Kier molecular flexibility index (Phi) is 2.84. The Morgan fingerprint density at radius 3 is 2.80 bits per heavy atom. The zero-order chi connectivity index (χ0) is 13.5. The third-order valence-electron chi connectivity index (χ3n) is 4.36. The number of fused-ring (bicyclic) bond motifs is 3. The van der Waals surface area contributed by atoms with Crippen molar-refractivity contribution < 1.29 is 0 Å². The highest BCUT2D eigenvalue weighted by atomic mass is 32.1. The van der Waals surface area contributed by atoms with Crippen LogP contribution in [0.3, 0.4) is 0 Å². The third kappa shape index (κ3) is 1.79. The molecule has 0 spiro atoms. The van der Waals surface area contributed by atoms with Gasteiger partial charge in [0, 0.05) is 23.2 Å². The molecule has 0 aliphatic heterocycles. The topological polar surface area (TPSA) is 29.0 Å². The van der Waals surface area contributed by atoms with Gasteiger partial charge in [0.15, 0.2) is 0 Å². The van der Waals surface area contributed by atoms with E-state index in [9.17, 15) is 0 Å². The molecule has 2 aromatic heterocycles. The molecule has 4 rings (SSSR count). The van der Waals surface area contributed by atoms with Crippen LogP contribution < -0.4 is 4.90 Å². The fraction of sp³-hybridized carbons (Fsp3) is 0.375. The normalized spacial score (nSPS) is 16.2. The molecule has 3 nitrogen and oxygen atoms in total. The SMILES string of the molecule is CN(c1ncnc2sc3ccccc3c12)C1CCCC1. The quantitative estimate of drug-likeness (QED) is 0.705. The molecule has 0 bridgehead atoms. The van der Waals surface area contributed by atoms with Crippen molar-refractivity contribution in [3.8, 4) is 0 Å². The van der Waals surface area contributed by atoms with Crippen molar-refractivity contribution in [3.63, 3.8) is 0 Å². The number of benzene rings is 1. The highest BCUT2D eigenvalue weighted by Gasteiger charge is 2.23. The van der Waals surface area contributed by atoms with Gasteiger partial charge in [0.25, 0.3) is 0 Å². The number of thiophene rings is 1. The van der Waals surface area contributed by atoms with E-state index < -0.39 is 0 Å². The van der Waals surface area contributed by atoms with E-state index in [1.807, 2.05) is 0 Å². The van der Waals surface area contributed by atoms with Crippen LogP contribution in [-0.4, -0.2) is 23.1 Å². The summed E-state index contributed by atoms with van der Waals surface area (Å²) in [7, 11) is 2.18. The van der Waals surface area contributed by atoms with Crippen molar-refractivity contribution in [2.45, 2.75) is 31.7 Å². The zero-order valence-corrected chi connectivity index (χ0v) is 12.4. The van der Waals surface area contributed by atoms with Crippen LogP contribution in [0, 0.1) is 0 Å². The molecule has 0 atom stereocenters. The van der Waals surface area contributed by atoms with E-state index in [4.69, 9.17) is 0 Å². The van der Waals surface area contributed by atoms with E-state index in [1.54, 1.807) is 17.7 Å². The number of rotatable bonds is 2. The van der Waals surface area contributed by atoms with Crippen molar-refractivity contribution in [2.75, 3.05) is 11.9 Å². The lowest BCUT2D eigenvalue weighted by molar-refractivity contribution is 0.648. The molecule has 0 radical (unpaired) electrons.